The molecule has 3 rings (SSSR count). The lowest BCUT2D eigenvalue weighted by atomic mass is 10.2. The van der Waals surface area contributed by atoms with Crippen LogP contribution in [0.15, 0.2) is 18.2 Å². The highest BCUT2D eigenvalue weighted by Crippen LogP contribution is 2.20. The molecule has 1 fully saturated rings. The quantitative estimate of drug-likeness (QED) is 0.850. The standard InChI is InChI=1S/C13H17N3/c1-9-3-6-11-12(7-9)16(2)13(15-11)8-14-10-4-5-10/h3,6-7,10,14H,4-5,8H2,1-2H3. The van der Waals surface area contributed by atoms with Crippen LogP contribution in [-0.4, -0.2) is 15.6 Å². The fourth-order valence-corrected chi connectivity index (χ4v) is 2.03. The van der Waals surface area contributed by atoms with Crippen molar-refractivity contribution in [1.29, 1.82) is 0 Å². The summed E-state index contributed by atoms with van der Waals surface area (Å²) in [6.45, 7) is 3.00. The molecule has 16 heavy (non-hydrogen) atoms. The molecule has 3 nitrogen and oxygen atoms in total. The molecule has 0 saturated heterocycles. The molecule has 1 aromatic carbocycles. The first-order valence-corrected chi connectivity index (χ1v) is 5.89. The summed E-state index contributed by atoms with van der Waals surface area (Å²) in [5.41, 5.74) is 3.62. The molecule has 84 valence electrons. The molecular weight excluding hydrogens is 198 g/mol. The zero-order valence-electron chi connectivity index (χ0n) is 9.83. The predicted octanol–water partition coefficient (Wildman–Crippen LogP) is 2.13. The number of nitrogens with zero attached hydrogens (tertiary/aromatic N) is 2. The third kappa shape index (κ3) is 1.71. The van der Waals surface area contributed by atoms with E-state index in [0.717, 1.165) is 23.9 Å². The van der Waals surface area contributed by atoms with E-state index in [9.17, 15) is 0 Å². The Hall–Kier alpha value is -1.35. The van der Waals surface area contributed by atoms with Crippen LogP contribution in [0.3, 0.4) is 0 Å². The second kappa shape index (κ2) is 3.59. The van der Waals surface area contributed by atoms with Gasteiger partial charge in [-0.3, -0.25) is 0 Å². The van der Waals surface area contributed by atoms with Gasteiger partial charge in [-0.1, -0.05) is 6.07 Å². The van der Waals surface area contributed by atoms with E-state index in [2.05, 4.69) is 47.0 Å². The number of hydrogen-bond acceptors (Lipinski definition) is 2. The highest BCUT2D eigenvalue weighted by atomic mass is 15.1. The molecule has 0 radical (unpaired) electrons. The minimum atomic E-state index is 0.738. The fraction of sp³-hybridized carbons (Fsp3) is 0.462. The van der Waals surface area contributed by atoms with Crippen LogP contribution in [-0.2, 0) is 13.6 Å². The Labute approximate surface area is 95.5 Å². The van der Waals surface area contributed by atoms with E-state index in [1.165, 1.54) is 23.9 Å². The van der Waals surface area contributed by atoms with Gasteiger partial charge in [0, 0.05) is 13.1 Å². The number of fused-ring (bicyclic) bond motifs is 1. The number of aromatic nitrogens is 2. The van der Waals surface area contributed by atoms with Crippen LogP contribution in [0.25, 0.3) is 11.0 Å². The van der Waals surface area contributed by atoms with E-state index in [1.807, 2.05) is 0 Å². The van der Waals surface area contributed by atoms with Crippen LogP contribution < -0.4 is 5.32 Å². The Kier molecular flexibility index (Phi) is 2.21. The molecule has 1 aromatic heterocycles. The molecule has 0 atom stereocenters. The SMILES string of the molecule is Cc1ccc2nc(CNC3CC3)n(C)c2c1. The lowest BCUT2D eigenvalue weighted by Crippen LogP contribution is -2.18. The number of hydrogen-bond donors (Lipinski definition) is 1. The Morgan fingerprint density at radius 3 is 3.00 bits per heavy atom. The molecule has 3 heteroatoms. The van der Waals surface area contributed by atoms with Crippen molar-refractivity contribution < 1.29 is 0 Å². The van der Waals surface area contributed by atoms with Gasteiger partial charge in [-0.25, -0.2) is 4.98 Å². The van der Waals surface area contributed by atoms with E-state index < -0.39 is 0 Å². The summed E-state index contributed by atoms with van der Waals surface area (Å²) >= 11 is 0. The highest BCUT2D eigenvalue weighted by Gasteiger charge is 2.21. The first-order valence-electron chi connectivity index (χ1n) is 5.89. The molecule has 1 heterocycles. The molecular formula is C13H17N3. The normalized spacial score (nSPS) is 15.9. The van der Waals surface area contributed by atoms with Crippen LogP contribution in [0.1, 0.15) is 24.2 Å². The third-order valence-electron chi connectivity index (χ3n) is 3.26. The smallest absolute Gasteiger partial charge is 0.123 e. The molecule has 1 aliphatic rings. The van der Waals surface area contributed by atoms with Gasteiger partial charge in [0.25, 0.3) is 0 Å². The van der Waals surface area contributed by atoms with Gasteiger partial charge in [0.1, 0.15) is 5.82 Å². The average molecular weight is 215 g/mol. The van der Waals surface area contributed by atoms with Crippen molar-refractivity contribution in [3.8, 4) is 0 Å². The monoisotopic (exact) mass is 215 g/mol. The molecule has 2 aromatic rings. The van der Waals surface area contributed by atoms with Gasteiger partial charge in [0.15, 0.2) is 0 Å². The molecule has 1 aliphatic carbocycles. The zero-order chi connectivity index (χ0) is 11.1. The van der Waals surface area contributed by atoms with Crippen LogP contribution in [0.4, 0.5) is 0 Å². The highest BCUT2D eigenvalue weighted by molar-refractivity contribution is 5.76. The number of aryl methyl sites for hydroxylation is 2. The van der Waals surface area contributed by atoms with Gasteiger partial charge in [-0.2, -0.15) is 0 Å². The number of benzene rings is 1. The lowest BCUT2D eigenvalue weighted by Gasteiger charge is -2.03. The van der Waals surface area contributed by atoms with E-state index in [4.69, 9.17) is 0 Å². The number of rotatable bonds is 3. The maximum absolute atomic E-state index is 4.65. The Morgan fingerprint density at radius 1 is 1.44 bits per heavy atom. The van der Waals surface area contributed by atoms with Gasteiger partial charge < -0.3 is 9.88 Å². The Balaban J connectivity index is 1.94. The average Bonchev–Trinajstić information content (AvgIpc) is 3.04. The van der Waals surface area contributed by atoms with Crippen molar-refractivity contribution in [1.82, 2.24) is 14.9 Å². The van der Waals surface area contributed by atoms with E-state index >= 15 is 0 Å². The summed E-state index contributed by atoms with van der Waals surface area (Å²) < 4.78 is 2.19. The summed E-state index contributed by atoms with van der Waals surface area (Å²) in [6.07, 6.45) is 2.64. The minimum Gasteiger partial charge on any atom is -0.330 e. The summed E-state index contributed by atoms with van der Waals surface area (Å²) in [7, 11) is 2.10. The van der Waals surface area contributed by atoms with Crippen LogP contribution in [0, 0.1) is 6.92 Å². The topological polar surface area (TPSA) is 29.9 Å². The largest absolute Gasteiger partial charge is 0.330 e. The van der Waals surface area contributed by atoms with Crippen molar-refractivity contribution in [2.75, 3.05) is 0 Å². The van der Waals surface area contributed by atoms with Crippen molar-refractivity contribution >= 4 is 11.0 Å². The second-order valence-corrected chi connectivity index (χ2v) is 4.73. The molecule has 0 bridgehead atoms. The summed E-state index contributed by atoms with van der Waals surface area (Å²) in [6, 6.07) is 7.16. The first kappa shape index (κ1) is 9.85. The predicted molar refractivity (Wildman–Crippen MR) is 65.3 cm³/mol. The second-order valence-electron chi connectivity index (χ2n) is 4.73. The van der Waals surface area contributed by atoms with Gasteiger partial charge in [-0.15, -0.1) is 0 Å². The van der Waals surface area contributed by atoms with Crippen molar-refractivity contribution in [3.63, 3.8) is 0 Å². The van der Waals surface area contributed by atoms with Crippen LogP contribution in [0.5, 0.6) is 0 Å². The van der Waals surface area contributed by atoms with Crippen molar-refractivity contribution in [2.24, 2.45) is 7.05 Å². The summed E-state index contributed by atoms with van der Waals surface area (Å²) in [5, 5.41) is 3.51. The van der Waals surface area contributed by atoms with Crippen LogP contribution in [0.2, 0.25) is 0 Å². The fourth-order valence-electron chi connectivity index (χ4n) is 2.03. The summed E-state index contributed by atoms with van der Waals surface area (Å²) in [4.78, 5) is 4.65. The zero-order valence-corrected chi connectivity index (χ0v) is 9.83. The maximum Gasteiger partial charge on any atom is 0.123 e. The number of nitrogens with one attached hydrogen (secondary N) is 1. The molecule has 1 N–H and O–H groups in total. The van der Waals surface area contributed by atoms with E-state index in [1.54, 1.807) is 0 Å². The number of imidazole rings is 1. The Bertz CT molecular complexity index is 523. The lowest BCUT2D eigenvalue weighted by molar-refractivity contribution is 0.639. The van der Waals surface area contributed by atoms with E-state index in [-0.39, 0.29) is 0 Å². The van der Waals surface area contributed by atoms with Crippen LogP contribution >= 0.6 is 0 Å². The minimum absolute atomic E-state index is 0.738. The molecule has 0 aliphatic heterocycles. The first-order chi connectivity index (χ1) is 7.74. The molecule has 1 saturated carbocycles. The van der Waals surface area contributed by atoms with Gasteiger partial charge in [0.05, 0.1) is 17.6 Å². The maximum atomic E-state index is 4.65. The summed E-state index contributed by atoms with van der Waals surface area (Å²) in [5.74, 6) is 1.13. The molecule has 0 amide bonds. The van der Waals surface area contributed by atoms with E-state index in [0.29, 0.717) is 0 Å². The Morgan fingerprint density at radius 2 is 2.25 bits per heavy atom. The van der Waals surface area contributed by atoms with Gasteiger partial charge in [0.2, 0.25) is 0 Å². The van der Waals surface area contributed by atoms with Crippen molar-refractivity contribution in [3.05, 3.63) is 29.6 Å². The molecule has 0 spiro atoms. The van der Waals surface area contributed by atoms with Crippen molar-refractivity contribution in [2.45, 2.75) is 32.4 Å². The van der Waals surface area contributed by atoms with Gasteiger partial charge in [-0.05, 0) is 37.5 Å². The van der Waals surface area contributed by atoms with Gasteiger partial charge >= 0.3 is 0 Å². The third-order valence-corrected chi connectivity index (χ3v) is 3.26. The molecule has 0 unspecified atom stereocenters.